The standard InChI is InChI=1S/C26H20BrCl2NO3S2/c1-15-3-5-16(6-4-15)13-30-25(31)24(35-26(30)34)10-18-9-22(32-2)23(12-20(18)27)33-14-17-7-8-19(28)11-21(17)29/h3-12H,13-14H2,1-2H3/b24-10-. The number of rotatable bonds is 7. The van der Waals surface area contributed by atoms with Gasteiger partial charge in [-0.15, -0.1) is 0 Å². The summed E-state index contributed by atoms with van der Waals surface area (Å²) in [6, 6.07) is 16.9. The third kappa shape index (κ3) is 6.22. The van der Waals surface area contributed by atoms with E-state index in [2.05, 4.69) is 15.9 Å². The molecule has 1 amide bonds. The molecule has 0 saturated carbocycles. The molecule has 9 heteroatoms. The molecule has 1 heterocycles. The number of ether oxygens (including phenoxy) is 2. The fraction of sp³-hybridized carbons (Fsp3) is 0.154. The second-order valence-corrected chi connectivity index (χ2v) is 11.2. The van der Waals surface area contributed by atoms with Gasteiger partial charge in [-0.25, -0.2) is 0 Å². The molecule has 0 aliphatic carbocycles. The van der Waals surface area contributed by atoms with Crippen molar-refractivity contribution in [3.05, 3.63) is 96.3 Å². The third-order valence-corrected chi connectivity index (χ3v) is 7.95. The highest BCUT2D eigenvalue weighted by atomic mass is 79.9. The van der Waals surface area contributed by atoms with Gasteiger partial charge in [0.05, 0.1) is 18.6 Å². The molecule has 1 fully saturated rings. The lowest BCUT2D eigenvalue weighted by Crippen LogP contribution is -2.27. The zero-order valence-electron chi connectivity index (χ0n) is 18.8. The van der Waals surface area contributed by atoms with E-state index in [-0.39, 0.29) is 12.5 Å². The molecule has 0 N–H and O–H groups in total. The maximum atomic E-state index is 13.1. The summed E-state index contributed by atoms with van der Waals surface area (Å²) < 4.78 is 12.8. The molecule has 0 unspecified atom stereocenters. The van der Waals surface area contributed by atoms with E-state index in [1.54, 1.807) is 30.2 Å². The van der Waals surface area contributed by atoms with Crippen molar-refractivity contribution in [2.45, 2.75) is 20.1 Å². The first-order valence-corrected chi connectivity index (χ1v) is 13.3. The Bertz CT molecular complexity index is 1330. The Balaban J connectivity index is 1.53. The Hall–Kier alpha value is -2.03. The highest BCUT2D eigenvalue weighted by molar-refractivity contribution is 9.10. The molecule has 4 nitrogen and oxygen atoms in total. The molecule has 1 saturated heterocycles. The number of carbonyl (C=O) groups excluding carboxylic acids is 1. The Morgan fingerprint density at radius 2 is 1.83 bits per heavy atom. The van der Waals surface area contributed by atoms with Crippen molar-refractivity contribution in [2.24, 2.45) is 0 Å². The number of hydrogen-bond acceptors (Lipinski definition) is 5. The number of halogens is 3. The maximum absolute atomic E-state index is 13.1. The van der Waals surface area contributed by atoms with Crippen LogP contribution in [0.25, 0.3) is 6.08 Å². The van der Waals surface area contributed by atoms with Gasteiger partial charge in [0.25, 0.3) is 5.91 Å². The van der Waals surface area contributed by atoms with Crippen molar-refractivity contribution in [1.82, 2.24) is 4.90 Å². The van der Waals surface area contributed by atoms with Crippen molar-refractivity contribution in [2.75, 3.05) is 7.11 Å². The van der Waals surface area contributed by atoms with Crippen LogP contribution in [0.1, 0.15) is 22.3 Å². The molecule has 35 heavy (non-hydrogen) atoms. The van der Waals surface area contributed by atoms with Crippen LogP contribution in [0.15, 0.2) is 64.0 Å². The second-order valence-electron chi connectivity index (χ2n) is 7.80. The lowest BCUT2D eigenvalue weighted by atomic mass is 10.1. The smallest absolute Gasteiger partial charge is 0.266 e. The first kappa shape index (κ1) is 26.0. The van der Waals surface area contributed by atoms with Gasteiger partial charge in [-0.3, -0.25) is 9.69 Å². The summed E-state index contributed by atoms with van der Waals surface area (Å²) in [4.78, 5) is 15.3. The minimum atomic E-state index is -0.121. The van der Waals surface area contributed by atoms with E-state index in [0.717, 1.165) is 21.2 Å². The minimum Gasteiger partial charge on any atom is -0.493 e. The van der Waals surface area contributed by atoms with Crippen LogP contribution < -0.4 is 9.47 Å². The van der Waals surface area contributed by atoms with Gasteiger partial charge < -0.3 is 9.47 Å². The molecule has 180 valence electrons. The van der Waals surface area contributed by atoms with Crippen LogP contribution in [0.3, 0.4) is 0 Å². The van der Waals surface area contributed by atoms with Gasteiger partial charge in [0.2, 0.25) is 0 Å². The van der Waals surface area contributed by atoms with Gasteiger partial charge in [0.1, 0.15) is 10.9 Å². The number of nitrogens with zero attached hydrogens (tertiary/aromatic N) is 1. The predicted molar refractivity (Wildman–Crippen MR) is 151 cm³/mol. The SMILES string of the molecule is COc1cc(/C=C2\SC(=S)N(Cc3ccc(C)cc3)C2=O)c(Br)cc1OCc1ccc(Cl)cc1Cl. The van der Waals surface area contributed by atoms with Crippen LogP contribution in [-0.2, 0) is 17.9 Å². The highest BCUT2D eigenvalue weighted by Crippen LogP contribution is 2.39. The number of methoxy groups -OCH3 is 1. The largest absolute Gasteiger partial charge is 0.493 e. The summed E-state index contributed by atoms with van der Waals surface area (Å²) in [7, 11) is 1.57. The molecular formula is C26H20BrCl2NO3S2. The Morgan fingerprint density at radius 3 is 2.51 bits per heavy atom. The number of amides is 1. The molecule has 3 aromatic rings. The third-order valence-electron chi connectivity index (χ3n) is 5.30. The van der Waals surface area contributed by atoms with Gasteiger partial charge in [-0.05, 0) is 48.4 Å². The first-order chi connectivity index (χ1) is 16.7. The van der Waals surface area contributed by atoms with Gasteiger partial charge in [-0.2, -0.15) is 0 Å². The molecule has 0 radical (unpaired) electrons. The number of hydrogen-bond donors (Lipinski definition) is 0. The monoisotopic (exact) mass is 607 g/mol. The quantitative estimate of drug-likeness (QED) is 0.200. The number of carbonyl (C=O) groups is 1. The normalized spacial score (nSPS) is 14.7. The zero-order chi connectivity index (χ0) is 25.1. The van der Waals surface area contributed by atoms with Crippen molar-refractivity contribution < 1.29 is 14.3 Å². The number of thiocarbonyl (C=S) groups is 1. The van der Waals surface area contributed by atoms with Crippen molar-refractivity contribution >= 4 is 79.4 Å². The van der Waals surface area contributed by atoms with E-state index in [1.807, 2.05) is 49.4 Å². The average Bonchev–Trinajstić information content (AvgIpc) is 3.08. The lowest BCUT2D eigenvalue weighted by molar-refractivity contribution is -0.122. The van der Waals surface area contributed by atoms with E-state index in [1.165, 1.54) is 17.3 Å². The average molecular weight is 609 g/mol. The molecule has 0 bridgehead atoms. The highest BCUT2D eigenvalue weighted by Gasteiger charge is 2.32. The fourth-order valence-electron chi connectivity index (χ4n) is 3.38. The number of thioether (sulfide) groups is 1. The van der Waals surface area contributed by atoms with Crippen molar-refractivity contribution in [3.63, 3.8) is 0 Å². The summed E-state index contributed by atoms with van der Waals surface area (Å²) in [5.74, 6) is 0.943. The van der Waals surface area contributed by atoms with Crippen LogP contribution in [0, 0.1) is 6.92 Å². The van der Waals surface area contributed by atoms with E-state index in [9.17, 15) is 4.79 Å². The number of aryl methyl sites for hydroxylation is 1. The second kappa shape index (κ2) is 11.4. The Labute approximate surface area is 232 Å². The molecule has 0 spiro atoms. The molecule has 3 aromatic carbocycles. The van der Waals surface area contributed by atoms with Crippen LogP contribution in [0.4, 0.5) is 0 Å². The van der Waals surface area contributed by atoms with E-state index in [4.69, 9.17) is 44.9 Å². The molecule has 0 aromatic heterocycles. The van der Waals surface area contributed by atoms with Crippen LogP contribution in [-0.4, -0.2) is 22.2 Å². The molecule has 4 rings (SSSR count). The fourth-order valence-corrected chi connectivity index (χ4v) is 5.53. The molecular weight excluding hydrogens is 589 g/mol. The first-order valence-electron chi connectivity index (χ1n) is 10.5. The summed E-state index contributed by atoms with van der Waals surface area (Å²) in [6.45, 7) is 2.71. The van der Waals surface area contributed by atoms with Crippen molar-refractivity contribution in [3.8, 4) is 11.5 Å². The summed E-state index contributed by atoms with van der Waals surface area (Å²) in [6.07, 6.45) is 1.81. The van der Waals surface area contributed by atoms with Gasteiger partial charge in [0, 0.05) is 20.1 Å². The van der Waals surface area contributed by atoms with E-state index >= 15 is 0 Å². The van der Waals surface area contributed by atoms with Crippen LogP contribution in [0.2, 0.25) is 10.0 Å². The molecule has 0 atom stereocenters. The summed E-state index contributed by atoms with van der Waals surface area (Å²) in [5, 5.41) is 1.09. The van der Waals surface area contributed by atoms with E-state index in [0.29, 0.717) is 37.3 Å². The Kier molecular flexibility index (Phi) is 8.45. The van der Waals surface area contributed by atoms with E-state index < -0.39 is 0 Å². The summed E-state index contributed by atoms with van der Waals surface area (Å²) >= 11 is 22.6. The predicted octanol–water partition coefficient (Wildman–Crippen LogP) is 8.05. The Morgan fingerprint density at radius 1 is 1.09 bits per heavy atom. The maximum Gasteiger partial charge on any atom is 0.266 e. The van der Waals surface area contributed by atoms with Crippen LogP contribution in [0.5, 0.6) is 11.5 Å². The molecule has 1 aliphatic heterocycles. The topological polar surface area (TPSA) is 38.8 Å². The zero-order valence-corrected chi connectivity index (χ0v) is 23.5. The van der Waals surface area contributed by atoms with Crippen molar-refractivity contribution in [1.29, 1.82) is 0 Å². The summed E-state index contributed by atoms with van der Waals surface area (Å²) in [5.41, 5.74) is 3.77. The van der Waals surface area contributed by atoms with Gasteiger partial charge in [-0.1, -0.05) is 99.0 Å². The number of benzene rings is 3. The molecule has 1 aliphatic rings. The minimum absolute atomic E-state index is 0.121. The van der Waals surface area contributed by atoms with Gasteiger partial charge >= 0.3 is 0 Å². The van der Waals surface area contributed by atoms with Crippen LogP contribution >= 0.6 is 63.1 Å². The van der Waals surface area contributed by atoms with Gasteiger partial charge in [0.15, 0.2) is 11.5 Å². The lowest BCUT2D eigenvalue weighted by Gasteiger charge is -2.15.